The molecule has 0 fully saturated rings. The predicted octanol–water partition coefficient (Wildman–Crippen LogP) is 3.98. The summed E-state index contributed by atoms with van der Waals surface area (Å²) in [5.74, 6) is -0.00606. The van der Waals surface area contributed by atoms with Gasteiger partial charge in [-0.25, -0.2) is 0 Å². The van der Waals surface area contributed by atoms with Gasteiger partial charge in [0.05, 0.1) is 12.1 Å². The van der Waals surface area contributed by atoms with Crippen molar-refractivity contribution in [2.45, 2.75) is 32.7 Å². The Morgan fingerprint density at radius 3 is 2.72 bits per heavy atom. The molecule has 25 heavy (non-hydrogen) atoms. The van der Waals surface area contributed by atoms with Crippen LogP contribution in [-0.4, -0.2) is 31.8 Å². The van der Waals surface area contributed by atoms with Crippen LogP contribution in [0.15, 0.2) is 31.7 Å². The summed E-state index contributed by atoms with van der Waals surface area (Å²) in [7, 11) is 0. The third-order valence-electron chi connectivity index (χ3n) is 3.86. The minimum absolute atomic E-state index is 0.0941. The van der Waals surface area contributed by atoms with Crippen molar-refractivity contribution in [1.82, 2.24) is 20.2 Å². The van der Waals surface area contributed by atoms with E-state index in [0.29, 0.717) is 46.7 Å². The minimum atomic E-state index is -0.363. The number of nitrogens with zero attached hydrogens (tertiary/aromatic N) is 4. The summed E-state index contributed by atoms with van der Waals surface area (Å²) in [5, 5.41) is 12.3. The summed E-state index contributed by atoms with van der Waals surface area (Å²) in [5.41, 5.74) is 1.26. The molecule has 0 bridgehead atoms. The number of ketones is 2. The van der Waals surface area contributed by atoms with Gasteiger partial charge in [-0.05, 0) is 53.0 Å². The molecule has 1 aliphatic rings. The highest BCUT2D eigenvalue weighted by Crippen LogP contribution is 2.34. The van der Waals surface area contributed by atoms with Gasteiger partial charge >= 0.3 is 0 Å². The SMILES string of the molecule is Cc1nnn(Cc2c(Br)ccc(C(=O)C3=C(Cl)CCCC3=O)c2Br)n1. The van der Waals surface area contributed by atoms with Crippen LogP contribution in [-0.2, 0) is 11.3 Å². The number of allylic oxidation sites excluding steroid dienone is 2. The lowest BCUT2D eigenvalue weighted by Gasteiger charge is -2.16. The number of halogens is 3. The second kappa shape index (κ2) is 7.47. The quantitative estimate of drug-likeness (QED) is 0.481. The standard InChI is InChI=1S/C16H13Br2ClN4O2/c1-8-20-22-23(21-8)7-10-11(17)6-5-9(15(10)18)16(25)14-12(19)3-2-4-13(14)24/h5-6H,2-4,7H2,1H3. The number of aryl methyl sites for hydroxylation is 1. The van der Waals surface area contributed by atoms with Crippen molar-refractivity contribution in [1.29, 1.82) is 0 Å². The monoisotopic (exact) mass is 486 g/mol. The fourth-order valence-corrected chi connectivity index (χ4v) is 4.34. The first-order valence-electron chi connectivity index (χ1n) is 7.56. The van der Waals surface area contributed by atoms with Crippen molar-refractivity contribution < 1.29 is 9.59 Å². The van der Waals surface area contributed by atoms with Crippen molar-refractivity contribution in [2.75, 3.05) is 0 Å². The van der Waals surface area contributed by atoms with Crippen molar-refractivity contribution in [3.05, 3.63) is 48.6 Å². The number of hydrogen-bond donors (Lipinski definition) is 0. The second-order valence-corrected chi connectivity index (χ2v) is 7.74. The summed E-state index contributed by atoms with van der Waals surface area (Å²) < 4.78 is 1.37. The maximum absolute atomic E-state index is 12.9. The molecule has 1 aromatic carbocycles. The molecule has 1 aliphatic carbocycles. The molecule has 0 aliphatic heterocycles. The van der Waals surface area contributed by atoms with Gasteiger partial charge in [0.25, 0.3) is 0 Å². The Hall–Kier alpha value is -1.38. The molecule has 0 atom stereocenters. The van der Waals surface area contributed by atoms with E-state index in [0.717, 1.165) is 10.0 Å². The van der Waals surface area contributed by atoms with Gasteiger partial charge in [0.2, 0.25) is 0 Å². The molecule has 0 unspecified atom stereocenters. The van der Waals surface area contributed by atoms with Gasteiger partial charge in [0, 0.05) is 31.5 Å². The van der Waals surface area contributed by atoms with Crippen LogP contribution in [0.3, 0.4) is 0 Å². The van der Waals surface area contributed by atoms with E-state index in [1.54, 1.807) is 19.1 Å². The topological polar surface area (TPSA) is 77.7 Å². The molecule has 0 saturated carbocycles. The van der Waals surface area contributed by atoms with Gasteiger partial charge in [-0.3, -0.25) is 9.59 Å². The van der Waals surface area contributed by atoms with Crippen LogP contribution < -0.4 is 0 Å². The Balaban J connectivity index is 2.02. The van der Waals surface area contributed by atoms with Gasteiger partial charge in [-0.1, -0.05) is 27.5 Å². The molecule has 1 heterocycles. The molecule has 0 spiro atoms. The van der Waals surface area contributed by atoms with Crippen LogP contribution in [0.4, 0.5) is 0 Å². The summed E-state index contributed by atoms with van der Waals surface area (Å²) in [6, 6.07) is 3.43. The van der Waals surface area contributed by atoms with E-state index in [4.69, 9.17) is 11.6 Å². The molecule has 0 amide bonds. The summed E-state index contributed by atoms with van der Waals surface area (Å²) in [6.45, 7) is 2.07. The molecule has 6 nitrogen and oxygen atoms in total. The van der Waals surface area contributed by atoms with Crippen LogP contribution >= 0.6 is 43.5 Å². The number of Topliss-reactive ketones (excluding diaryl/α,β-unsaturated/α-hetero) is 2. The molecular formula is C16H13Br2ClN4O2. The zero-order valence-electron chi connectivity index (χ0n) is 13.2. The average molecular weight is 489 g/mol. The Morgan fingerprint density at radius 2 is 2.08 bits per heavy atom. The largest absolute Gasteiger partial charge is 0.294 e. The van der Waals surface area contributed by atoms with E-state index in [1.807, 2.05) is 0 Å². The number of hydrogen-bond acceptors (Lipinski definition) is 5. The first-order chi connectivity index (χ1) is 11.9. The van der Waals surface area contributed by atoms with Gasteiger partial charge in [0.15, 0.2) is 17.4 Å². The fourth-order valence-electron chi connectivity index (χ4n) is 2.64. The van der Waals surface area contributed by atoms with Crippen LogP contribution in [0.1, 0.15) is 41.0 Å². The molecular weight excluding hydrogens is 475 g/mol. The number of rotatable bonds is 4. The summed E-state index contributed by atoms with van der Waals surface area (Å²) >= 11 is 13.1. The van der Waals surface area contributed by atoms with Gasteiger partial charge in [-0.2, -0.15) is 4.80 Å². The Labute approximate surface area is 165 Å². The second-order valence-electron chi connectivity index (χ2n) is 5.64. The maximum atomic E-state index is 12.9. The summed E-state index contributed by atoms with van der Waals surface area (Å²) in [6.07, 6.45) is 1.58. The zero-order chi connectivity index (χ0) is 18.1. The van der Waals surface area contributed by atoms with Crippen molar-refractivity contribution in [3.8, 4) is 0 Å². The van der Waals surface area contributed by atoms with Crippen molar-refractivity contribution >= 4 is 55.0 Å². The molecule has 3 rings (SSSR count). The molecule has 0 N–H and O–H groups in total. The number of benzene rings is 1. The number of aromatic nitrogens is 4. The van der Waals surface area contributed by atoms with Gasteiger partial charge in [0.1, 0.15) is 0 Å². The number of carbonyl (C=O) groups excluding carboxylic acids is 2. The lowest BCUT2D eigenvalue weighted by molar-refractivity contribution is -0.115. The Bertz CT molecular complexity index is 908. The van der Waals surface area contributed by atoms with Crippen molar-refractivity contribution in [3.63, 3.8) is 0 Å². The highest BCUT2D eigenvalue weighted by molar-refractivity contribution is 9.11. The van der Waals surface area contributed by atoms with Crippen molar-refractivity contribution in [2.24, 2.45) is 0 Å². The molecule has 9 heteroatoms. The third kappa shape index (κ3) is 3.75. The van der Waals surface area contributed by atoms with E-state index in [1.165, 1.54) is 4.80 Å². The molecule has 130 valence electrons. The predicted molar refractivity (Wildman–Crippen MR) is 99.6 cm³/mol. The first-order valence-corrected chi connectivity index (χ1v) is 9.52. The van der Waals surface area contributed by atoms with Gasteiger partial charge < -0.3 is 0 Å². The summed E-state index contributed by atoms with van der Waals surface area (Å²) in [4.78, 5) is 26.5. The highest BCUT2D eigenvalue weighted by atomic mass is 79.9. The van der Waals surface area contributed by atoms with Gasteiger partial charge in [-0.15, -0.1) is 10.2 Å². The molecule has 2 aromatic rings. The average Bonchev–Trinajstić information content (AvgIpc) is 2.96. The molecule has 0 saturated heterocycles. The maximum Gasteiger partial charge on any atom is 0.198 e. The Kier molecular flexibility index (Phi) is 5.50. The van der Waals surface area contributed by atoms with E-state index >= 15 is 0 Å². The third-order valence-corrected chi connectivity index (χ3v) is 5.89. The van der Waals surface area contributed by atoms with Crippen LogP contribution in [0.25, 0.3) is 0 Å². The first kappa shape index (κ1) is 18.4. The normalized spacial score (nSPS) is 15.0. The van der Waals surface area contributed by atoms with E-state index in [9.17, 15) is 9.59 Å². The fraction of sp³-hybridized carbons (Fsp3) is 0.312. The van der Waals surface area contributed by atoms with Crippen LogP contribution in [0.5, 0.6) is 0 Å². The van der Waals surface area contributed by atoms with Crippen LogP contribution in [0.2, 0.25) is 0 Å². The lowest BCUT2D eigenvalue weighted by Crippen LogP contribution is -2.19. The van der Waals surface area contributed by atoms with E-state index in [2.05, 4.69) is 47.3 Å². The van der Waals surface area contributed by atoms with E-state index < -0.39 is 0 Å². The molecule has 0 radical (unpaired) electrons. The number of carbonyl (C=O) groups is 2. The highest BCUT2D eigenvalue weighted by Gasteiger charge is 2.28. The number of tetrazole rings is 1. The minimum Gasteiger partial charge on any atom is -0.294 e. The zero-order valence-corrected chi connectivity index (χ0v) is 17.2. The Morgan fingerprint density at radius 1 is 1.32 bits per heavy atom. The van der Waals surface area contributed by atoms with E-state index in [-0.39, 0.29) is 17.1 Å². The molecule has 1 aromatic heterocycles. The smallest absolute Gasteiger partial charge is 0.198 e. The van der Waals surface area contributed by atoms with Crippen LogP contribution in [0, 0.1) is 6.92 Å². The lowest BCUT2D eigenvalue weighted by atomic mass is 9.91.